The molecule has 6 nitrogen and oxygen atoms in total. The van der Waals surface area contributed by atoms with E-state index >= 15 is 0 Å². The first-order chi connectivity index (χ1) is 13.5. The highest BCUT2D eigenvalue weighted by Crippen LogP contribution is 2.18. The van der Waals surface area contributed by atoms with Crippen molar-refractivity contribution in [1.82, 2.24) is 15.1 Å². The van der Waals surface area contributed by atoms with E-state index < -0.39 is 0 Å². The van der Waals surface area contributed by atoms with Gasteiger partial charge in [-0.2, -0.15) is 5.10 Å². The molecule has 0 aliphatic heterocycles. The van der Waals surface area contributed by atoms with Gasteiger partial charge in [-0.25, -0.2) is 0 Å². The molecule has 0 radical (unpaired) electrons. The summed E-state index contributed by atoms with van der Waals surface area (Å²) in [7, 11) is 0. The van der Waals surface area contributed by atoms with Crippen molar-refractivity contribution in [3.05, 3.63) is 83.2 Å². The molecule has 6 heteroatoms. The number of nitrogens with zero attached hydrogens (tertiary/aromatic N) is 2. The Bertz CT molecular complexity index is 964. The number of benzene rings is 2. The summed E-state index contributed by atoms with van der Waals surface area (Å²) in [5.74, 6) is -0.359. The molecule has 2 N–H and O–H groups in total. The van der Waals surface area contributed by atoms with Crippen molar-refractivity contribution in [2.45, 2.75) is 26.8 Å². The second kappa shape index (κ2) is 8.99. The van der Waals surface area contributed by atoms with E-state index in [0.717, 1.165) is 24.1 Å². The summed E-state index contributed by atoms with van der Waals surface area (Å²) in [4.78, 5) is 24.8. The van der Waals surface area contributed by atoms with Crippen LogP contribution in [-0.2, 0) is 6.54 Å². The Morgan fingerprint density at radius 3 is 2.50 bits per heavy atom. The highest BCUT2D eigenvalue weighted by atomic mass is 16.2. The molecule has 0 bridgehead atoms. The van der Waals surface area contributed by atoms with Gasteiger partial charge in [-0.05, 0) is 55.7 Å². The van der Waals surface area contributed by atoms with Crippen molar-refractivity contribution in [3.8, 4) is 0 Å². The van der Waals surface area contributed by atoms with E-state index in [-0.39, 0.29) is 11.8 Å². The number of carbonyl (C=O) groups excluding carboxylic acids is 2. The fourth-order valence-corrected chi connectivity index (χ4v) is 2.82. The summed E-state index contributed by atoms with van der Waals surface area (Å²) >= 11 is 0. The Balaban J connectivity index is 1.57. The van der Waals surface area contributed by atoms with Crippen molar-refractivity contribution >= 4 is 17.5 Å². The summed E-state index contributed by atoms with van der Waals surface area (Å²) < 4.78 is 1.87. The number of rotatable bonds is 7. The van der Waals surface area contributed by atoms with Gasteiger partial charge in [0.05, 0.1) is 6.20 Å². The quantitative estimate of drug-likeness (QED) is 0.619. The minimum Gasteiger partial charge on any atom is -0.352 e. The van der Waals surface area contributed by atoms with Gasteiger partial charge in [-0.3, -0.25) is 14.3 Å². The van der Waals surface area contributed by atoms with Crippen molar-refractivity contribution in [2.75, 3.05) is 11.9 Å². The molecule has 28 heavy (non-hydrogen) atoms. The SMILES string of the molecule is Cc1cnn(CCCNC(=O)c2ccc(C)c(NC(=O)c3ccccc3)c2)c1. The van der Waals surface area contributed by atoms with Gasteiger partial charge in [0.2, 0.25) is 0 Å². The maximum absolute atomic E-state index is 12.4. The average Bonchev–Trinajstić information content (AvgIpc) is 3.12. The van der Waals surface area contributed by atoms with Crippen LogP contribution in [0.2, 0.25) is 0 Å². The van der Waals surface area contributed by atoms with Crippen LogP contribution in [0.25, 0.3) is 0 Å². The first kappa shape index (κ1) is 19.4. The van der Waals surface area contributed by atoms with Crippen LogP contribution in [0.5, 0.6) is 0 Å². The number of hydrogen-bond acceptors (Lipinski definition) is 3. The molecule has 144 valence electrons. The monoisotopic (exact) mass is 376 g/mol. The lowest BCUT2D eigenvalue weighted by molar-refractivity contribution is 0.0951. The van der Waals surface area contributed by atoms with Crippen LogP contribution in [0.4, 0.5) is 5.69 Å². The molecule has 0 spiro atoms. The van der Waals surface area contributed by atoms with Crippen LogP contribution in [0.3, 0.4) is 0 Å². The number of aromatic nitrogens is 2. The molecule has 0 saturated carbocycles. The van der Waals surface area contributed by atoms with Gasteiger partial charge >= 0.3 is 0 Å². The van der Waals surface area contributed by atoms with E-state index in [9.17, 15) is 9.59 Å². The van der Waals surface area contributed by atoms with Gasteiger partial charge < -0.3 is 10.6 Å². The highest BCUT2D eigenvalue weighted by Gasteiger charge is 2.11. The zero-order valence-corrected chi connectivity index (χ0v) is 16.1. The summed E-state index contributed by atoms with van der Waals surface area (Å²) in [6.07, 6.45) is 4.58. The highest BCUT2D eigenvalue weighted by molar-refractivity contribution is 6.05. The first-order valence-corrected chi connectivity index (χ1v) is 9.27. The number of aryl methyl sites for hydroxylation is 3. The zero-order valence-electron chi connectivity index (χ0n) is 16.1. The van der Waals surface area contributed by atoms with Gasteiger partial charge in [0, 0.05) is 36.1 Å². The van der Waals surface area contributed by atoms with Crippen molar-refractivity contribution < 1.29 is 9.59 Å². The Hall–Kier alpha value is -3.41. The maximum Gasteiger partial charge on any atom is 0.255 e. The molecule has 2 aromatic carbocycles. The van der Waals surface area contributed by atoms with Gasteiger partial charge in [0.15, 0.2) is 0 Å². The van der Waals surface area contributed by atoms with Gasteiger partial charge in [-0.15, -0.1) is 0 Å². The molecule has 3 aromatic rings. The summed E-state index contributed by atoms with van der Waals surface area (Å²) in [5.41, 5.74) is 3.74. The molecule has 0 aliphatic rings. The maximum atomic E-state index is 12.4. The standard InChI is InChI=1S/C22H24N4O2/c1-16-14-24-26(15-16)12-6-11-23-21(27)19-10-9-17(2)20(13-19)25-22(28)18-7-4-3-5-8-18/h3-5,7-10,13-15H,6,11-12H2,1-2H3,(H,23,27)(H,25,28). The third-order valence-electron chi connectivity index (χ3n) is 4.40. The molecule has 0 fully saturated rings. The van der Waals surface area contributed by atoms with E-state index in [4.69, 9.17) is 0 Å². The molecular weight excluding hydrogens is 352 g/mol. The molecule has 0 aliphatic carbocycles. The van der Waals surface area contributed by atoms with E-state index in [1.807, 2.05) is 55.2 Å². The van der Waals surface area contributed by atoms with E-state index in [2.05, 4.69) is 15.7 Å². The van der Waals surface area contributed by atoms with Gasteiger partial charge in [0.25, 0.3) is 11.8 Å². The lowest BCUT2D eigenvalue weighted by atomic mass is 10.1. The largest absolute Gasteiger partial charge is 0.352 e. The van der Waals surface area contributed by atoms with Gasteiger partial charge in [0.1, 0.15) is 0 Å². The second-order valence-electron chi connectivity index (χ2n) is 6.74. The third-order valence-corrected chi connectivity index (χ3v) is 4.40. The molecule has 0 unspecified atom stereocenters. The molecule has 1 aromatic heterocycles. The Labute approximate surface area is 164 Å². The average molecular weight is 376 g/mol. The Kier molecular flexibility index (Phi) is 6.22. The summed E-state index contributed by atoms with van der Waals surface area (Å²) in [5, 5.41) is 10.0. The normalized spacial score (nSPS) is 10.5. The van der Waals surface area contributed by atoms with Crippen molar-refractivity contribution in [1.29, 1.82) is 0 Å². The topological polar surface area (TPSA) is 76.0 Å². The minimum atomic E-state index is -0.198. The molecule has 3 rings (SSSR count). The predicted octanol–water partition coefficient (Wildman–Crippen LogP) is 3.57. The summed E-state index contributed by atoms with van der Waals surface area (Å²) in [6.45, 7) is 5.20. The number of anilines is 1. The number of hydrogen-bond donors (Lipinski definition) is 2. The number of amides is 2. The lowest BCUT2D eigenvalue weighted by Gasteiger charge is -2.11. The van der Waals surface area contributed by atoms with Crippen molar-refractivity contribution in [2.24, 2.45) is 0 Å². The number of carbonyl (C=O) groups is 2. The van der Waals surface area contributed by atoms with Crippen LogP contribution in [0, 0.1) is 13.8 Å². The van der Waals surface area contributed by atoms with Crippen LogP contribution in [0.15, 0.2) is 60.9 Å². The van der Waals surface area contributed by atoms with E-state index in [1.54, 1.807) is 24.3 Å². The minimum absolute atomic E-state index is 0.160. The molecule has 0 saturated heterocycles. The molecule has 0 atom stereocenters. The first-order valence-electron chi connectivity index (χ1n) is 9.27. The molecular formula is C22H24N4O2. The Morgan fingerprint density at radius 2 is 1.79 bits per heavy atom. The van der Waals surface area contributed by atoms with Gasteiger partial charge in [-0.1, -0.05) is 24.3 Å². The smallest absolute Gasteiger partial charge is 0.255 e. The van der Waals surface area contributed by atoms with Crippen LogP contribution >= 0.6 is 0 Å². The van der Waals surface area contributed by atoms with E-state index in [1.165, 1.54) is 0 Å². The van der Waals surface area contributed by atoms with E-state index in [0.29, 0.717) is 23.4 Å². The Morgan fingerprint density at radius 1 is 1.00 bits per heavy atom. The number of nitrogens with one attached hydrogen (secondary N) is 2. The van der Waals surface area contributed by atoms with Crippen LogP contribution in [-0.4, -0.2) is 28.1 Å². The second-order valence-corrected chi connectivity index (χ2v) is 6.74. The van der Waals surface area contributed by atoms with Crippen molar-refractivity contribution in [3.63, 3.8) is 0 Å². The predicted molar refractivity (Wildman–Crippen MR) is 109 cm³/mol. The fraction of sp³-hybridized carbons (Fsp3) is 0.227. The summed E-state index contributed by atoms with van der Waals surface area (Å²) in [6, 6.07) is 14.3. The lowest BCUT2D eigenvalue weighted by Crippen LogP contribution is -2.25. The van der Waals surface area contributed by atoms with Crippen LogP contribution in [0.1, 0.15) is 38.3 Å². The zero-order chi connectivity index (χ0) is 19.9. The third kappa shape index (κ3) is 5.07. The molecule has 1 heterocycles. The molecule has 2 amide bonds. The fourth-order valence-electron chi connectivity index (χ4n) is 2.82. The van der Waals surface area contributed by atoms with Crippen LogP contribution < -0.4 is 10.6 Å².